The standard InChI is InChI=1S/C11H21NO2/c1-2-4-11(14)12-7-9-5-3-6-10(9)8-13/h9-10,13H,2-8H2,1H3,(H,12,14). The molecule has 1 amide bonds. The molecule has 2 N–H and O–H groups in total. The summed E-state index contributed by atoms with van der Waals surface area (Å²) in [6.07, 6.45) is 4.98. The topological polar surface area (TPSA) is 49.3 Å². The van der Waals surface area contributed by atoms with Crippen LogP contribution in [0.15, 0.2) is 0 Å². The molecule has 14 heavy (non-hydrogen) atoms. The van der Waals surface area contributed by atoms with E-state index in [0.29, 0.717) is 18.3 Å². The van der Waals surface area contributed by atoms with Gasteiger partial charge in [-0.3, -0.25) is 4.79 Å². The summed E-state index contributed by atoms with van der Waals surface area (Å²) < 4.78 is 0. The minimum absolute atomic E-state index is 0.149. The average molecular weight is 199 g/mol. The second kappa shape index (κ2) is 6.02. The molecule has 2 atom stereocenters. The van der Waals surface area contributed by atoms with Crippen molar-refractivity contribution in [1.82, 2.24) is 5.32 Å². The van der Waals surface area contributed by atoms with Crippen LogP contribution in [0.25, 0.3) is 0 Å². The smallest absolute Gasteiger partial charge is 0.219 e. The van der Waals surface area contributed by atoms with Crippen molar-refractivity contribution >= 4 is 5.91 Å². The maximum Gasteiger partial charge on any atom is 0.219 e. The van der Waals surface area contributed by atoms with Gasteiger partial charge in [0, 0.05) is 19.6 Å². The highest BCUT2D eigenvalue weighted by atomic mass is 16.3. The molecule has 1 rings (SSSR count). The largest absolute Gasteiger partial charge is 0.396 e. The lowest BCUT2D eigenvalue weighted by Crippen LogP contribution is -2.31. The van der Waals surface area contributed by atoms with Crippen molar-refractivity contribution in [3.05, 3.63) is 0 Å². The highest BCUT2D eigenvalue weighted by molar-refractivity contribution is 5.75. The SMILES string of the molecule is CCCC(=O)NCC1CCCC1CO. The van der Waals surface area contributed by atoms with Gasteiger partial charge in [-0.2, -0.15) is 0 Å². The first-order valence-electron chi connectivity index (χ1n) is 5.65. The van der Waals surface area contributed by atoms with Gasteiger partial charge in [-0.05, 0) is 31.1 Å². The molecule has 2 unspecified atom stereocenters. The number of hydrogen-bond acceptors (Lipinski definition) is 2. The molecule has 82 valence electrons. The van der Waals surface area contributed by atoms with Crippen LogP contribution in [0, 0.1) is 11.8 Å². The van der Waals surface area contributed by atoms with E-state index in [2.05, 4.69) is 5.32 Å². The van der Waals surface area contributed by atoms with Crippen LogP contribution < -0.4 is 5.32 Å². The highest BCUT2D eigenvalue weighted by Gasteiger charge is 2.26. The van der Waals surface area contributed by atoms with Gasteiger partial charge in [0.1, 0.15) is 0 Å². The van der Waals surface area contributed by atoms with Gasteiger partial charge in [0.2, 0.25) is 5.91 Å². The Balaban J connectivity index is 2.20. The van der Waals surface area contributed by atoms with E-state index in [-0.39, 0.29) is 12.5 Å². The molecule has 0 heterocycles. The fourth-order valence-corrected chi connectivity index (χ4v) is 2.18. The summed E-state index contributed by atoms with van der Waals surface area (Å²) in [5, 5.41) is 12.0. The fraction of sp³-hybridized carbons (Fsp3) is 0.909. The molecule has 3 heteroatoms. The first-order chi connectivity index (χ1) is 6.77. The van der Waals surface area contributed by atoms with Crippen molar-refractivity contribution in [3.8, 4) is 0 Å². The maximum absolute atomic E-state index is 11.2. The van der Waals surface area contributed by atoms with Crippen LogP contribution >= 0.6 is 0 Å². The van der Waals surface area contributed by atoms with Crippen LogP contribution in [0.4, 0.5) is 0 Å². The Kier molecular flexibility index (Phi) is 4.94. The lowest BCUT2D eigenvalue weighted by molar-refractivity contribution is -0.121. The molecule has 0 aromatic rings. The quantitative estimate of drug-likeness (QED) is 0.701. The first kappa shape index (κ1) is 11.5. The Labute approximate surface area is 85.9 Å². The van der Waals surface area contributed by atoms with Crippen molar-refractivity contribution in [1.29, 1.82) is 0 Å². The molecule has 0 aliphatic heterocycles. The Morgan fingerprint density at radius 3 is 2.79 bits per heavy atom. The van der Waals surface area contributed by atoms with Crippen LogP contribution in [-0.2, 0) is 4.79 Å². The number of aliphatic hydroxyl groups is 1. The molecule has 0 spiro atoms. The molecule has 0 aromatic carbocycles. The van der Waals surface area contributed by atoms with Crippen LogP contribution in [0.2, 0.25) is 0 Å². The molecule has 1 aliphatic rings. The van der Waals surface area contributed by atoms with E-state index < -0.39 is 0 Å². The molecule has 0 aromatic heterocycles. The van der Waals surface area contributed by atoms with Crippen molar-refractivity contribution in [3.63, 3.8) is 0 Å². The first-order valence-corrected chi connectivity index (χ1v) is 5.65. The summed E-state index contributed by atoms with van der Waals surface area (Å²) in [6.45, 7) is 3.03. The van der Waals surface area contributed by atoms with Gasteiger partial charge in [-0.15, -0.1) is 0 Å². The lowest BCUT2D eigenvalue weighted by atomic mass is 9.97. The van der Waals surface area contributed by atoms with Gasteiger partial charge in [0.25, 0.3) is 0 Å². The van der Waals surface area contributed by atoms with E-state index in [1.807, 2.05) is 6.92 Å². The number of nitrogens with one attached hydrogen (secondary N) is 1. The van der Waals surface area contributed by atoms with Crippen molar-refractivity contribution in [2.45, 2.75) is 39.0 Å². The predicted octanol–water partition coefficient (Wildman–Crippen LogP) is 1.31. The van der Waals surface area contributed by atoms with Crippen molar-refractivity contribution < 1.29 is 9.90 Å². The van der Waals surface area contributed by atoms with Crippen LogP contribution in [-0.4, -0.2) is 24.2 Å². The summed E-state index contributed by atoms with van der Waals surface area (Å²) in [5.41, 5.74) is 0. The summed E-state index contributed by atoms with van der Waals surface area (Å²) >= 11 is 0. The Bertz CT molecular complexity index is 182. The number of hydrogen-bond donors (Lipinski definition) is 2. The molecule has 0 radical (unpaired) electrons. The molecule has 0 bridgehead atoms. The zero-order valence-electron chi connectivity index (χ0n) is 8.96. The molecular weight excluding hydrogens is 178 g/mol. The van der Waals surface area contributed by atoms with Gasteiger partial charge in [0.05, 0.1) is 0 Å². The van der Waals surface area contributed by atoms with Crippen LogP contribution in [0.1, 0.15) is 39.0 Å². The van der Waals surface area contributed by atoms with Gasteiger partial charge >= 0.3 is 0 Å². The molecular formula is C11H21NO2. The predicted molar refractivity (Wildman–Crippen MR) is 55.8 cm³/mol. The molecule has 1 aliphatic carbocycles. The number of aliphatic hydroxyl groups excluding tert-OH is 1. The maximum atomic E-state index is 11.2. The molecule has 0 saturated heterocycles. The zero-order valence-corrected chi connectivity index (χ0v) is 8.96. The molecule has 1 saturated carbocycles. The van der Waals surface area contributed by atoms with E-state index in [9.17, 15) is 4.79 Å². The van der Waals surface area contributed by atoms with E-state index in [1.165, 1.54) is 6.42 Å². The summed E-state index contributed by atoms with van der Waals surface area (Å²) in [7, 11) is 0. The van der Waals surface area contributed by atoms with Crippen molar-refractivity contribution in [2.75, 3.05) is 13.2 Å². The Morgan fingerprint density at radius 2 is 2.14 bits per heavy atom. The molecule has 3 nitrogen and oxygen atoms in total. The zero-order chi connectivity index (χ0) is 10.4. The van der Waals surface area contributed by atoms with Gasteiger partial charge in [-0.25, -0.2) is 0 Å². The van der Waals surface area contributed by atoms with Crippen LogP contribution in [0.5, 0.6) is 0 Å². The fourth-order valence-electron chi connectivity index (χ4n) is 2.18. The van der Waals surface area contributed by atoms with E-state index in [4.69, 9.17) is 5.11 Å². The second-order valence-electron chi connectivity index (χ2n) is 4.19. The monoisotopic (exact) mass is 199 g/mol. The highest BCUT2D eigenvalue weighted by Crippen LogP contribution is 2.30. The summed E-state index contributed by atoms with van der Waals surface area (Å²) in [5.74, 6) is 1.06. The van der Waals surface area contributed by atoms with E-state index in [1.54, 1.807) is 0 Å². The average Bonchev–Trinajstić information content (AvgIpc) is 2.62. The number of amides is 1. The third-order valence-corrected chi connectivity index (χ3v) is 3.09. The number of rotatable bonds is 5. The Hall–Kier alpha value is -0.570. The molecule has 1 fully saturated rings. The second-order valence-corrected chi connectivity index (χ2v) is 4.19. The van der Waals surface area contributed by atoms with Gasteiger partial charge in [0.15, 0.2) is 0 Å². The normalized spacial score (nSPS) is 26.4. The van der Waals surface area contributed by atoms with Crippen LogP contribution in [0.3, 0.4) is 0 Å². The van der Waals surface area contributed by atoms with Gasteiger partial charge in [-0.1, -0.05) is 13.3 Å². The number of carbonyl (C=O) groups excluding carboxylic acids is 1. The third kappa shape index (κ3) is 3.29. The van der Waals surface area contributed by atoms with Gasteiger partial charge < -0.3 is 10.4 Å². The Morgan fingerprint density at radius 1 is 1.43 bits per heavy atom. The number of carbonyl (C=O) groups is 1. The lowest BCUT2D eigenvalue weighted by Gasteiger charge is -2.17. The minimum atomic E-state index is 0.149. The van der Waals surface area contributed by atoms with E-state index >= 15 is 0 Å². The summed E-state index contributed by atoms with van der Waals surface area (Å²) in [6, 6.07) is 0. The summed E-state index contributed by atoms with van der Waals surface area (Å²) in [4.78, 5) is 11.2. The van der Waals surface area contributed by atoms with Crippen molar-refractivity contribution in [2.24, 2.45) is 11.8 Å². The third-order valence-electron chi connectivity index (χ3n) is 3.09. The van der Waals surface area contributed by atoms with E-state index in [0.717, 1.165) is 25.8 Å². The minimum Gasteiger partial charge on any atom is -0.396 e.